The maximum Gasteiger partial charge on any atom is 0.410 e. The van der Waals surface area contributed by atoms with Crippen LogP contribution in [0.5, 0.6) is 5.75 Å². The number of carbonyl (C=O) groups excluding carboxylic acids is 1. The zero-order valence-electron chi connectivity index (χ0n) is 19.1. The van der Waals surface area contributed by atoms with Gasteiger partial charge in [-0.2, -0.15) is 0 Å². The molecule has 1 aliphatic heterocycles. The maximum absolute atomic E-state index is 12.3. The minimum atomic E-state index is -3.18. The van der Waals surface area contributed by atoms with Crippen LogP contribution in [0.3, 0.4) is 0 Å². The summed E-state index contributed by atoms with van der Waals surface area (Å²) in [4.78, 5) is 23.0. The fourth-order valence-corrected chi connectivity index (χ4v) is 4.17. The third-order valence-corrected chi connectivity index (χ3v) is 5.85. The van der Waals surface area contributed by atoms with Crippen LogP contribution in [0.25, 0.3) is 10.9 Å². The second-order valence-corrected chi connectivity index (χ2v) is 10.9. The number of sulfonamides is 1. The van der Waals surface area contributed by atoms with E-state index in [1.807, 2.05) is 39.0 Å². The summed E-state index contributed by atoms with van der Waals surface area (Å²) in [6.45, 7) is 7.61. The van der Waals surface area contributed by atoms with Crippen LogP contribution in [-0.4, -0.2) is 67.5 Å². The second kappa shape index (κ2) is 9.99. The van der Waals surface area contributed by atoms with E-state index in [9.17, 15) is 13.2 Å². The standard InChI is InChI=1S/C22H32N4O5S/c1-22(2,3)31-21(27)26-11-8-16(9-12-26)20-18-7-6-17(14-19(18)23-15-24-20)30-13-5-10-25-32(4,28)29/h6-7,14-16,25H,5,8-13H2,1-4H3. The van der Waals surface area contributed by atoms with Gasteiger partial charge in [-0.05, 0) is 52.2 Å². The van der Waals surface area contributed by atoms with Crippen LogP contribution in [0.15, 0.2) is 24.5 Å². The molecule has 3 rings (SSSR count). The molecule has 0 spiro atoms. The van der Waals surface area contributed by atoms with Crippen LogP contribution >= 0.6 is 0 Å². The summed E-state index contributed by atoms with van der Waals surface area (Å²) in [6, 6.07) is 5.73. The van der Waals surface area contributed by atoms with Gasteiger partial charge in [-0.3, -0.25) is 0 Å². The third kappa shape index (κ3) is 7.03. The fraction of sp³-hybridized carbons (Fsp3) is 0.591. The lowest BCUT2D eigenvalue weighted by Gasteiger charge is -2.33. The summed E-state index contributed by atoms with van der Waals surface area (Å²) in [6.07, 6.45) is 4.63. The second-order valence-electron chi connectivity index (χ2n) is 9.05. The zero-order chi connectivity index (χ0) is 23.4. The van der Waals surface area contributed by atoms with E-state index in [2.05, 4.69) is 14.7 Å². The number of nitrogens with zero attached hydrogens (tertiary/aromatic N) is 3. The first-order valence-electron chi connectivity index (χ1n) is 10.8. The van der Waals surface area contributed by atoms with Gasteiger partial charge in [-0.25, -0.2) is 27.9 Å². The summed E-state index contributed by atoms with van der Waals surface area (Å²) < 4.78 is 35.8. The third-order valence-electron chi connectivity index (χ3n) is 5.13. The highest BCUT2D eigenvalue weighted by atomic mass is 32.2. The molecule has 2 aromatic rings. The number of aromatic nitrogens is 2. The predicted octanol–water partition coefficient (Wildman–Crippen LogP) is 3.06. The average molecular weight is 465 g/mol. The van der Waals surface area contributed by atoms with Crippen molar-refractivity contribution >= 4 is 27.0 Å². The number of ether oxygens (including phenoxy) is 2. The van der Waals surface area contributed by atoms with E-state index in [0.29, 0.717) is 38.4 Å². The van der Waals surface area contributed by atoms with Gasteiger partial charge in [0, 0.05) is 37.0 Å². The highest BCUT2D eigenvalue weighted by Gasteiger charge is 2.28. The number of carbonyl (C=O) groups is 1. The van der Waals surface area contributed by atoms with Gasteiger partial charge in [0.2, 0.25) is 10.0 Å². The molecular weight excluding hydrogens is 432 g/mol. The van der Waals surface area contributed by atoms with Crippen LogP contribution < -0.4 is 9.46 Å². The van der Waals surface area contributed by atoms with Crippen molar-refractivity contribution in [3.8, 4) is 5.75 Å². The molecule has 0 bridgehead atoms. The van der Waals surface area contributed by atoms with Crippen molar-refractivity contribution in [2.24, 2.45) is 0 Å². The first-order valence-corrected chi connectivity index (χ1v) is 12.7. The number of hydrogen-bond donors (Lipinski definition) is 1. The number of fused-ring (bicyclic) bond motifs is 1. The van der Waals surface area contributed by atoms with Gasteiger partial charge in [0.1, 0.15) is 17.7 Å². The largest absolute Gasteiger partial charge is 0.493 e. The summed E-state index contributed by atoms with van der Waals surface area (Å²) >= 11 is 0. The molecule has 9 nitrogen and oxygen atoms in total. The van der Waals surface area contributed by atoms with Crippen LogP contribution in [-0.2, 0) is 14.8 Å². The SMILES string of the molecule is CC(C)(C)OC(=O)N1CCC(c2ncnc3cc(OCCCNS(C)(=O)=O)ccc23)CC1. The molecule has 1 amide bonds. The molecule has 0 radical (unpaired) electrons. The molecule has 10 heteroatoms. The molecule has 1 aromatic heterocycles. The number of piperidine rings is 1. The van der Waals surface area contributed by atoms with E-state index in [1.165, 1.54) is 0 Å². The minimum absolute atomic E-state index is 0.244. The molecular formula is C22H32N4O5S. The Bertz CT molecular complexity index is 1040. The Labute approximate surface area is 189 Å². The Morgan fingerprint density at radius 3 is 2.59 bits per heavy atom. The summed E-state index contributed by atoms with van der Waals surface area (Å²) in [7, 11) is -3.18. The van der Waals surface area contributed by atoms with Gasteiger partial charge in [0.25, 0.3) is 0 Å². The highest BCUT2D eigenvalue weighted by molar-refractivity contribution is 7.88. The lowest BCUT2D eigenvalue weighted by Crippen LogP contribution is -2.41. The zero-order valence-corrected chi connectivity index (χ0v) is 19.9. The first-order chi connectivity index (χ1) is 15.0. The number of amides is 1. The fourth-order valence-electron chi connectivity index (χ4n) is 3.65. The highest BCUT2D eigenvalue weighted by Crippen LogP contribution is 2.32. The molecule has 0 aliphatic carbocycles. The van der Waals surface area contributed by atoms with E-state index >= 15 is 0 Å². The summed E-state index contributed by atoms with van der Waals surface area (Å²) in [5.74, 6) is 0.925. The van der Waals surface area contributed by atoms with E-state index < -0.39 is 15.6 Å². The molecule has 1 fully saturated rings. The minimum Gasteiger partial charge on any atom is -0.493 e. The Kier molecular flexibility index (Phi) is 7.55. The van der Waals surface area contributed by atoms with Gasteiger partial charge in [0.15, 0.2) is 0 Å². The number of likely N-dealkylation sites (tertiary alicyclic amines) is 1. The maximum atomic E-state index is 12.3. The molecule has 0 unspecified atom stereocenters. The molecule has 1 N–H and O–H groups in total. The molecule has 2 heterocycles. The Morgan fingerprint density at radius 1 is 1.22 bits per heavy atom. The van der Waals surface area contributed by atoms with Gasteiger partial charge < -0.3 is 14.4 Å². The van der Waals surface area contributed by atoms with E-state index in [4.69, 9.17) is 9.47 Å². The van der Waals surface area contributed by atoms with Crippen LogP contribution in [0.4, 0.5) is 4.79 Å². The van der Waals surface area contributed by atoms with Crippen LogP contribution in [0.1, 0.15) is 51.6 Å². The van der Waals surface area contributed by atoms with Crippen LogP contribution in [0, 0.1) is 0 Å². The molecule has 32 heavy (non-hydrogen) atoms. The van der Waals surface area contributed by atoms with Crippen molar-refractivity contribution in [3.63, 3.8) is 0 Å². The normalized spacial score (nSPS) is 15.7. The Balaban J connectivity index is 1.59. The number of benzene rings is 1. The van der Waals surface area contributed by atoms with Crippen LogP contribution in [0.2, 0.25) is 0 Å². The smallest absolute Gasteiger partial charge is 0.410 e. The van der Waals surface area contributed by atoms with E-state index in [-0.39, 0.29) is 12.0 Å². The van der Waals surface area contributed by atoms with E-state index in [1.54, 1.807) is 11.2 Å². The lowest BCUT2D eigenvalue weighted by atomic mass is 9.91. The summed E-state index contributed by atoms with van der Waals surface area (Å²) in [5.41, 5.74) is 1.29. The van der Waals surface area contributed by atoms with Crippen molar-refractivity contribution in [2.75, 3.05) is 32.5 Å². The number of hydrogen-bond acceptors (Lipinski definition) is 7. The first kappa shape index (κ1) is 24.2. The van der Waals surface area contributed by atoms with Crippen molar-refractivity contribution in [3.05, 3.63) is 30.2 Å². The van der Waals surface area contributed by atoms with Gasteiger partial charge in [0.05, 0.1) is 24.1 Å². The van der Waals surface area contributed by atoms with Crippen molar-refractivity contribution in [2.45, 2.75) is 51.6 Å². The lowest BCUT2D eigenvalue weighted by molar-refractivity contribution is 0.0204. The topological polar surface area (TPSA) is 111 Å². The number of nitrogens with one attached hydrogen (secondary N) is 1. The molecule has 176 valence electrons. The quantitative estimate of drug-likeness (QED) is 0.627. The molecule has 1 saturated heterocycles. The van der Waals surface area contributed by atoms with Crippen molar-refractivity contribution in [1.29, 1.82) is 0 Å². The van der Waals surface area contributed by atoms with E-state index in [0.717, 1.165) is 35.7 Å². The van der Waals surface area contributed by atoms with Gasteiger partial charge >= 0.3 is 6.09 Å². The average Bonchev–Trinajstić information content (AvgIpc) is 2.71. The Morgan fingerprint density at radius 2 is 1.94 bits per heavy atom. The molecule has 1 aromatic carbocycles. The molecule has 0 saturated carbocycles. The number of rotatable bonds is 7. The molecule has 0 atom stereocenters. The van der Waals surface area contributed by atoms with Crippen molar-refractivity contribution < 1.29 is 22.7 Å². The Hall–Kier alpha value is -2.46. The predicted molar refractivity (Wildman–Crippen MR) is 122 cm³/mol. The van der Waals surface area contributed by atoms with Crippen molar-refractivity contribution in [1.82, 2.24) is 19.6 Å². The molecule has 1 aliphatic rings. The van der Waals surface area contributed by atoms with Gasteiger partial charge in [-0.15, -0.1) is 0 Å². The monoisotopic (exact) mass is 464 g/mol. The van der Waals surface area contributed by atoms with Gasteiger partial charge in [-0.1, -0.05) is 0 Å². The summed E-state index contributed by atoms with van der Waals surface area (Å²) in [5, 5.41) is 0.981.